The van der Waals surface area contributed by atoms with Gasteiger partial charge in [0.15, 0.2) is 0 Å². The number of anilines is 1. The summed E-state index contributed by atoms with van der Waals surface area (Å²) in [6, 6.07) is 6.99. The van der Waals surface area contributed by atoms with Gasteiger partial charge in [-0.15, -0.1) is 0 Å². The molecule has 0 aliphatic carbocycles. The number of piperazine rings is 1. The number of sulfonamides is 1. The largest absolute Gasteiger partial charge is 0.494 e. The fourth-order valence-corrected chi connectivity index (χ4v) is 4.69. The van der Waals surface area contributed by atoms with Gasteiger partial charge in [0.2, 0.25) is 10.0 Å². The second-order valence-electron chi connectivity index (χ2n) is 6.32. The van der Waals surface area contributed by atoms with Gasteiger partial charge in [-0.05, 0) is 37.3 Å². The van der Waals surface area contributed by atoms with Crippen LogP contribution in [-0.2, 0) is 16.2 Å². The molecule has 1 aromatic heterocycles. The lowest BCUT2D eigenvalue weighted by Gasteiger charge is -2.35. The van der Waals surface area contributed by atoms with Crippen molar-refractivity contribution in [3.05, 3.63) is 47.1 Å². The zero-order valence-electron chi connectivity index (χ0n) is 15.5. The number of halogens is 4. The Labute approximate surface area is 171 Å². The minimum Gasteiger partial charge on any atom is -0.494 e. The zero-order chi connectivity index (χ0) is 21.2. The summed E-state index contributed by atoms with van der Waals surface area (Å²) >= 11 is 5.98. The Morgan fingerprint density at radius 2 is 1.76 bits per heavy atom. The van der Waals surface area contributed by atoms with E-state index in [9.17, 15) is 21.6 Å². The van der Waals surface area contributed by atoms with Gasteiger partial charge in [0.1, 0.15) is 11.6 Å². The quantitative estimate of drug-likeness (QED) is 0.697. The molecule has 0 saturated carbocycles. The molecule has 0 spiro atoms. The van der Waals surface area contributed by atoms with Gasteiger partial charge in [-0.3, -0.25) is 0 Å². The number of hydrogen-bond acceptors (Lipinski definition) is 5. The normalized spacial score (nSPS) is 16.1. The summed E-state index contributed by atoms with van der Waals surface area (Å²) in [5.41, 5.74) is -0.928. The molecule has 3 rings (SSSR count). The van der Waals surface area contributed by atoms with Crippen LogP contribution in [0.3, 0.4) is 0 Å². The van der Waals surface area contributed by atoms with Crippen LogP contribution in [0.5, 0.6) is 5.75 Å². The van der Waals surface area contributed by atoms with Gasteiger partial charge in [0.05, 0.1) is 22.1 Å². The van der Waals surface area contributed by atoms with Crippen LogP contribution in [-0.4, -0.2) is 50.5 Å². The lowest BCUT2D eigenvalue weighted by atomic mass is 10.2. The zero-order valence-corrected chi connectivity index (χ0v) is 17.1. The summed E-state index contributed by atoms with van der Waals surface area (Å²) in [6.07, 6.45) is -3.80. The van der Waals surface area contributed by atoms with Crippen LogP contribution in [0.4, 0.5) is 19.0 Å². The second kappa shape index (κ2) is 8.37. The van der Waals surface area contributed by atoms with Crippen molar-refractivity contribution < 1.29 is 26.3 Å². The van der Waals surface area contributed by atoms with Crippen molar-refractivity contribution >= 4 is 27.4 Å². The molecule has 1 aliphatic heterocycles. The first-order valence-corrected chi connectivity index (χ1v) is 10.7. The van der Waals surface area contributed by atoms with E-state index in [0.29, 0.717) is 12.4 Å². The molecular weight excluding hydrogens is 431 g/mol. The maximum atomic E-state index is 12.8. The van der Waals surface area contributed by atoms with Crippen molar-refractivity contribution in [1.29, 1.82) is 0 Å². The molecule has 11 heteroatoms. The van der Waals surface area contributed by atoms with Crippen molar-refractivity contribution in [3.63, 3.8) is 0 Å². The fourth-order valence-electron chi connectivity index (χ4n) is 2.98. The Bertz CT molecular complexity index is 961. The number of hydrogen-bond donors (Lipinski definition) is 0. The predicted octanol–water partition coefficient (Wildman–Crippen LogP) is 3.66. The smallest absolute Gasteiger partial charge is 0.417 e. The standard InChI is InChI=1S/C18H19ClF3N3O3S/c1-2-28-14-3-5-15(6-4-14)29(26,27)25-9-7-24(8-10-25)17-16(19)11-13(12-23-17)18(20,21)22/h3-6,11-12H,2,7-10H2,1H3. The molecule has 0 amide bonds. The maximum absolute atomic E-state index is 12.8. The van der Waals surface area contributed by atoms with Crippen LogP contribution >= 0.6 is 11.6 Å². The highest BCUT2D eigenvalue weighted by atomic mass is 35.5. The summed E-state index contributed by atoms with van der Waals surface area (Å²) in [5.74, 6) is 0.789. The van der Waals surface area contributed by atoms with Gasteiger partial charge in [-0.2, -0.15) is 17.5 Å². The average Bonchev–Trinajstić information content (AvgIpc) is 2.68. The van der Waals surface area contributed by atoms with E-state index in [1.807, 2.05) is 6.92 Å². The molecule has 0 N–H and O–H groups in total. The third-order valence-corrected chi connectivity index (χ3v) is 6.65. The van der Waals surface area contributed by atoms with Crippen LogP contribution in [0, 0.1) is 0 Å². The first-order valence-electron chi connectivity index (χ1n) is 8.83. The number of ether oxygens (including phenoxy) is 1. The first-order chi connectivity index (χ1) is 13.6. The number of aromatic nitrogens is 1. The Balaban J connectivity index is 1.70. The van der Waals surface area contributed by atoms with Gasteiger partial charge in [0.25, 0.3) is 0 Å². The number of alkyl halides is 3. The number of benzene rings is 1. The topological polar surface area (TPSA) is 62.7 Å². The van der Waals surface area contributed by atoms with Crippen molar-refractivity contribution in [2.45, 2.75) is 18.0 Å². The molecule has 6 nitrogen and oxygen atoms in total. The molecule has 0 bridgehead atoms. The minimum atomic E-state index is -4.53. The molecule has 0 radical (unpaired) electrons. The minimum absolute atomic E-state index is 0.123. The highest BCUT2D eigenvalue weighted by Gasteiger charge is 2.33. The average molecular weight is 450 g/mol. The molecule has 1 saturated heterocycles. The van der Waals surface area contributed by atoms with Crippen LogP contribution in [0.25, 0.3) is 0 Å². The summed E-state index contributed by atoms with van der Waals surface area (Å²) < 4.78 is 70.6. The van der Waals surface area contributed by atoms with E-state index >= 15 is 0 Å². The SMILES string of the molecule is CCOc1ccc(S(=O)(=O)N2CCN(c3ncc(C(F)(F)F)cc3Cl)CC2)cc1. The first kappa shape index (κ1) is 21.7. The second-order valence-corrected chi connectivity index (χ2v) is 8.67. The Morgan fingerprint density at radius 1 is 1.14 bits per heavy atom. The molecule has 1 aliphatic rings. The Morgan fingerprint density at radius 3 is 2.28 bits per heavy atom. The van der Waals surface area contributed by atoms with Gasteiger partial charge in [-0.1, -0.05) is 11.6 Å². The van der Waals surface area contributed by atoms with E-state index in [4.69, 9.17) is 16.3 Å². The predicted molar refractivity (Wildman–Crippen MR) is 103 cm³/mol. The number of pyridine rings is 1. The lowest BCUT2D eigenvalue weighted by molar-refractivity contribution is -0.137. The van der Waals surface area contributed by atoms with E-state index in [2.05, 4.69) is 4.98 Å². The molecule has 158 valence electrons. The van der Waals surface area contributed by atoms with Gasteiger partial charge in [0, 0.05) is 32.4 Å². The molecule has 29 heavy (non-hydrogen) atoms. The molecule has 1 fully saturated rings. The molecule has 2 heterocycles. The highest BCUT2D eigenvalue weighted by Crippen LogP contribution is 2.34. The van der Waals surface area contributed by atoms with Crippen molar-refractivity contribution in [2.24, 2.45) is 0 Å². The van der Waals surface area contributed by atoms with Gasteiger partial charge < -0.3 is 9.64 Å². The van der Waals surface area contributed by atoms with E-state index in [0.717, 1.165) is 12.3 Å². The Hall–Kier alpha value is -2.04. The van der Waals surface area contributed by atoms with E-state index in [-0.39, 0.29) is 41.9 Å². The lowest BCUT2D eigenvalue weighted by Crippen LogP contribution is -2.49. The monoisotopic (exact) mass is 449 g/mol. The van der Waals surface area contributed by atoms with Crippen LogP contribution in [0.15, 0.2) is 41.4 Å². The van der Waals surface area contributed by atoms with E-state index in [1.54, 1.807) is 17.0 Å². The van der Waals surface area contributed by atoms with Gasteiger partial charge >= 0.3 is 6.18 Å². The molecule has 0 unspecified atom stereocenters. The maximum Gasteiger partial charge on any atom is 0.417 e. The van der Waals surface area contributed by atoms with Crippen molar-refractivity contribution in [1.82, 2.24) is 9.29 Å². The summed E-state index contributed by atoms with van der Waals surface area (Å²) in [6.45, 7) is 3.16. The molecule has 2 aromatic rings. The number of nitrogens with zero attached hydrogens (tertiary/aromatic N) is 3. The van der Waals surface area contributed by atoms with Crippen molar-refractivity contribution in [3.8, 4) is 5.75 Å². The molecule has 0 atom stereocenters. The number of rotatable bonds is 5. The highest BCUT2D eigenvalue weighted by molar-refractivity contribution is 7.89. The third-order valence-electron chi connectivity index (χ3n) is 4.46. The Kier molecular flexibility index (Phi) is 6.25. The van der Waals surface area contributed by atoms with E-state index < -0.39 is 21.8 Å². The summed E-state index contributed by atoms with van der Waals surface area (Å²) in [5, 5.41) is -0.123. The van der Waals surface area contributed by atoms with Gasteiger partial charge in [-0.25, -0.2) is 13.4 Å². The van der Waals surface area contributed by atoms with Crippen LogP contribution in [0.1, 0.15) is 12.5 Å². The summed E-state index contributed by atoms with van der Waals surface area (Å²) in [4.78, 5) is 5.66. The third kappa shape index (κ3) is 4.76. The van der Waals surface area contributed by atoms with Crippen LogP contribution < -0.4 is 9.64 Å². The molecule has 1 aromatic carbocycles. The van der Waals surface area contributed by atoms with E-state index in [1.165, 1.54) is 16.4 Å². The fraction of sp³-hybridized carbons (Fsp3) is 0.389. The van der Waals surface area contributed by atoms with Crippen LogP contribution in [0.2, 0.25) is 5.02 Å². The van der Waals surface area contributed by atoms with Crippen molar-refractivity contribution in [2.75, 3.05) is 37.7 Å². The summed E-state index contributed by atoms with van der Waals surface area (Å²) in [7, 11) is -3.69. The molecular formula is C18H19ClF3N3O3S.